The fourth-order valence-corrected chi connectivity index (χ4v) is 7.12. The van der Waals surface area contributed by atoms with Crippen LogP contribution >= 0.6 is 0 Å². The summed E-state index contributed by atoms with van der Waals surface area (Å²) in [5.41, 5.74) is 7.42. The predicted octanol–water partition coefficient (Wildman–Crippen LogP) is 6.20. The van der Waals surface area contributed by atoms with Crippen LogP contribution in [0.2, 0.25) is 0 Å². The maximum absolute atomic E-state index is 12.6. The molecule has 0 aromatic heterocycles. The molecule has 0 amide bonds. The van der Waals surface area contributed by atoms with Crippen molar-refractivity contribution < 1.29 is 15.0 Å². The molecule has 0 heterocycles. The molecule has 0 bridgehead atoms. The standard InChI is InChI=1S/C32H54N2O3/c1-4-5-6-7-8-9-10-11-15-20-32(24-34-3)21-18-27(23-26-16-13-12-14-17-26)30(28(32)19-22-33)29(25(2)35)31(36)37/h9-10,12-14,16-17,25,27-30,34-35H,4-8,11,15,18-24,33H2,1-3H3,(H,36,37). The third-order valence-corrected chi connectivity index (χ3v) is 8.81. The first-order chi connectivity index (χ1) is 17.9. The number of nitrogens with two attached hydrogens (primary N) is 1. The van der Waals surface area contributed by atoms with Crippen LogP contribution in [0, 0.1) is 29.1 Å². The van der Waals surface area contributed by atoms with E-state index in [9.17, 15) is 15.0 Å². The molecule has 1 saturated carbocycles. The number of benzene rings is 1. The van der Waals surface area contributed by atoms with Gasteiger partial charge in [0.15, 0.2) is 0 Å². The van der Waals surface area contributed by atoms with E-state index in [4.69, 9.17) is 5.73 Å². The van der Waals surface area contributed by atoms with Crippen molar-refractivity contribution in [2.75, 3.05) is 20.1 Å². The smallest absolute Gasteiger partial charge is 0.309 e. The molecule has 6 unspecified atom stereocenters. The Kier molecular flexibility index (Phi) is 14.5. The summed E-state index contributed by atoms with van der Waals surface area (Å²) in [5, 5.41) is 24.5. The van der Waals surface area contributed by atoms with Gasteiger partial charge < -0.3 is 21.3 Å². The quantitative estimate of drug-likeness (QED) is 0.138. The van der Waals surface area contributed by atoms with Gasteiger partial charge in [0.25, 0.3) is 0 Å². The molecule has 5 heteroatoms. The minimum Gasteiger partial charge on any atom is -0.481 e. The van der Waals surface area contributed by atoms with Crippen molar-refractivity contribution in [2.24, 2.45) is 34.8 Å². The number of hydrogen-bond donors (Lipinski definition) is 4. The zero-order valence-corrected chi connectivity index (χ0v) is 23.7. The van der Waals surface area contributed by atoms with E-state index >= 15 is 0 Å². The van der Waals surface area contributed by atoms with Crippen LogP contribution in [0.4, 0.5) is 0 Å². The summed E-state index contributed by atoms with van der Waals surface area (Å²) in [4.78, 5) is 12.6. The van der Waals surface area contributed by atoms with E-state index in [-0.39, 0.29) is 23.2 Å². The molecule has 5 nitrogen and oxygen atoms in total. The number of hydrogen-bond acceptors (Lipinski definition) is 4. The van der Waals surface area contributed by atoms with E-state index < -0.39 is 18.0 Å². The zero-order chi connectivity index (χ0) is 27.1. The van der Waals surface area contributed by atoms with Crippen LogP contribution in [-0.2, 0) is 11.2 Å². The molecule has 6 atom stereocenters. The Morgan fingerprint density at radius 2 is 1.86 bits per heavy atom. The molecule has 2 rings (SSSR count). The molecule has 1 aromatic carbocycles. The second kappa shape index (κ2) is 17.0. The summed E-state index contributed by atoms with van der Waals surface area (Å²) in [5.74, 6) is -1.42. The summed E-state index contributed by atoms with van der Waals surface area (Å²) in [6, 6.07) is 10.4. The molecule has 0 spiro atoms. The lowest BCUT2D eigenvalue weighted by Crippen LogP contribution is -2.54. The fraction of sp³-hybridized carbons (Fsp3) is 0.719. The zero-order valence-electron chi connectivity index (χ0n) is 23.7. The predicted molar refractivity (Wildman–Crippen MR) is 154 cm³/mol. The summed E-state index contributed by atoms with van der Waals surface area (Å²) in [6.45, 7) is 5.29. The summed E-state index contributed by atoms with van der Waals surface area (Å²) in [7, 11) is 2.01. The highest BCUT2D eigenvalue weighted by atomic mass is 16.4. The molecule has 210 valence electrons. The van der Waals surface area contributed by atoms with E-state index in [1.807, 2.05) is 13.1 Å². The van der Waals surface area contributed by atoms with Gasteiger partial charge in [-0.15, -0.1) is 0 Å². The third-order valence-electron chi connectivity index (χ3n) is 8.81. The number of carboxylic acids is 1. The molecular formula is C32H54N2O3. The van der Waals surface area contributed by atoms with Gasteiger partial charge in [-0.25, -0.2) is 0 Å². The molecule has 37 heavy (non-hydrogen) atoms. The van der Waals surface area contributed by atoms with Gasteiger partial charge >= 0.3 is 5.97 Å². The molecule has 1 aliphatic carbocycles. The number of nitrogens with one attached hydrogen (secondary N) is 1. The minimum atomic E-state index is -0.901. The molecular weight excluding hydrogens is 460 g/mol. The number of carbonyl (C=O) groups is 1. The highest BCUT2D eigenvalue weighted by molar-refractivity contribution is 5.71. The van der Waals surface area contributed by atoms with Gasteiger partial charge in [-0.3, -0.25) is 4.79 Å². The van der Waals surface area contributed by atoms with Crippen molar-refractivity contribution in [3.8, 4) is 0 Å². The minimum absolute atomic E-state index is 0.0104. The second-order valence-corrected chi connectivity index (χ2v) is 11.5. The highest BCUT2D eigenvalue weighted by Crippen LogP contribution is 2.54. The maximum atomic E-state index is 12.6. The summed E-state index contributed by atoms with van der Waals surface area (Å²) < 4.78 is 0. The van der Waals surface area contributed by atoms with Gasteiger partial charge in [-0.1, -0.05) is 68.7 Å². The van der Waals surface area contributed by atoms with Crippen LogP contribution < -0.4 is 11.1 Å². The molecule has 1 aliphatic rings. The van der Waals surface area contributed by atoms with Crippen molar-refractivity contribution in [1.82, 2.24) is 5.32 Å². The Bertz CT molecular complexity index is 781. The molecule has 1 aromatic rings. The second-order valence-electron chi connectivity index (χ2n) is 11.5. The van der Waals surface area contributed by atoms with Crippen molar-refractivity contribution in [3.05, 3.63) is 48.0 Å². The van der Waals surface area contributed by atoms with Crippen LogP contribution in [0.15, 0.2) is 42.5 Å². The van der Waals surface area contributed by atoms with Crippen LogP contribution in [0.1, 0.15) is 90.0 Å². The average molecular weight is 515 g/mol. The first kappa shape index (κ1) is 31.5. The van der Waals surface area contributed by atoms with Gasteiger partial charge in [-0.2, -0.15) is 0 Å². The first-order valence-electron chi connectivity index (χ1n) is 14.8. The monoisotopic (exact) mass is 514 g/mol. The van der Waals surface area contributed by atoms with Gasteiger partial charge in [-0.05, 0) is 107 Å². The Hall–Kier alpha value is -1.69. The van der Waals surface area contributed by atoms with Gasteiger partial charge in [0.2, 0.25) is 0 Å². The SMILES string of the molecule is CCCCCCC=CCCCC1(CNC)CCC(Cc2ccccc2)C(C(C(=O)O)C(C)O)C1CCN. The molecule has 0 saturated heterocycles. The van der Waals surface area contributed by atoms with Crippen LogP contribution in [0.25, 0.3) is 0 Å². The largest absolute Gasteiger partial charge is 0.481 e. The Morgan fingerprint density at radius 1 is 1.16 bits per heavy atom. The van der Waals surface area contributed by atoms with Crippen molar-refractivity contribution in [2.45, 2.75) is 97.0 Å². The van der Waals surface area contributed by atoms with Crippen LogP contribution in [0.3, 0.4) is 0 Å². The number of carboxylic acid groups (broad SMARTS) is 1. The Labute approximate surface area is 226 Å². The van der Waals surface area contributed by atoms with E-state index in [1.54, 1.807) is 6.92 Å². The van der Waals surface area contributed by atoms with Gasteiger partial charge in [0.05, 0.1) is 12.0 Å². The Balaban J connectivity index is 2.27. The number of aliphatic hydroxyl groups excluding tert-OH is 1. The van der Waals surface area contributed by atoms with Crippen molar-refractivity contribution in [1.29, 1.82) is 0 Å². The lowest BCUT2D eigenvalue weighted by molar-refractivity contribution is -0.156. The number of aliphatic carboxylic acids is 1. The normalized spacial score (nSPS) is 25.8. The molecule has 0 aliphatic heterocycles. The number of aliphatic hydroxyl groups is 1. The van der Waals surface area contributed by atoms with E-state index in [0.717, 1.165) is 57.9 Å². The molecule has 0 radical (unpaired) electrons. The third kappa shape index (κ3) is 9.53. The van der Waals surface area contributed by atoms with Gasteiger partial charge in [0, 0.05) is 6.54 Å². The lowest BCUT2D eigenvalue weighted by Gasteiger charge is -2.54. The van der Waals surface area contributed by atoms with E-state index in [0.29, 0.717) is 6.54 Å². The summed E-state index contributed by atoms with van der Waals surface area (Å²) >= 11 is 0. The highest BCUT2D eigenvalue weighted by Gasteiger charge is 2.52. The number of unbranched alkanes of at least 4 members (excludes halogenated alkanes) is 5. The average Bonchev–Trinajstić information content (AvgIpc) is 2.87. The van der Waals surface area contributed by atoms with E-state index in [2.05, 4.69) is 48.7 Å². The van der Waals surface area contributed by atoms with E-state index in [1.165, 1.54) is 31.2 Å². The maximum Gasteiger partial charge on any atom is 0.309 e. The fourth-order valence-electron chi connectivity index (χ4n) is 7.12. The van der Waals surface area contributed by atoms with Crippen LogP contribution in [-0.4, -0.2) is 42.4 Å². The molecule has 5 N–H and O–H groups in total. The lowest BCUT2D eigenvalue weighted by atomic mass is 9.51. The molecule has 1 fully saturated rings. The van der Waals surface area contributed by atoms with Gasteiger partial charge in [0.1, 0.15) is 0 Å². The Morgan fingerprint density at radius 3 is 2.46 bits per heavy atom. The first-order valence-corrected chi connectivity index (χ1v) is 14.8. The van der Waals surface area contributed by atoms with Crippen LogP contribution in [0.5, 0.6) is 0 Å². The van der Waals surface area contributed by atoms with Crippen molar-refractivity contribution >= 4 is 5.97 Å². The van der Waals surface area contributed by atoms with Crippen molar-refractivity contribution in [3.63, 3.8) is 0 Å². The topological polar surface area (TPSA) is 95.6 Å². The summed E-state index contributed by atoms with van der Waals surface area (Å²) in [6.07, 6.45) is 17.0. The number of rotatable bonds is 18. The number of allylic oxidation sites excluding steroid dienone is 2.